The van der Waals surface area contributed by atoms with Crippen LogP contribution in [0, 0.1) is 31.6 Å². The van der Waals surface area contributed by atoms with E-state index in [1.807, 2.05) is 39.8 Å². The van der Waals surface area contributed by atoms with Crippen LogP contribution in [0.5, 0.6) is 0 Å². The Hall–Kier alpha value is -1.84. The number of anilines is 1. The summed E-state index contributed by atoms with van der Waals surface area (Å²) in [5.74, 6) is 0.681. The average molecular weight is 344 g/mol. The summed E-state index contributed by atoms with van der Waals surface area (Å²) in [5.41, 5.74) is 3.00. The highest BCUT2D eigenvalue weighted by Gasteiger charge is 2.29. The molecule has 4 heteroatoms. The second kappa shape index (κ2) is 8.50. The maximum absolute atomic E-state index is 12.7. The summed E-state index contributed by atoms with van der Waals surface area (Å²) in [6, 6.07) is 5.47. The van der Waals surface area contributed by atoms with Gasteiger partial charge in [-0.25, -0.2) is 0 Å². The van der Waals surface area contributed by atoms with Crippen molar-refractivity contribution in [1.82, 2.24) is 5.32 Å². The van der Waals surface area contributed by atoms with Gasteiger partial charge in [0.2, 0.25) is 11.8 Å². The first-order valence-corrected chi connectivity index (χ1v) is 9.45. The molecule has 1 saturated carbocycles. The van der Waals surface area contributed by atoms with Gasteiger partial charge in [-0.1, -0.05) is 26.8 Å². The molecule has 0 radical (unpaired) electrons. The van der Waals surface area contributed by atoms with Gasteiger partial charge in [0, 0.05) is 11.6 Å². The van der Waals surface area contributed by atoms with Crippen LogP contribution in [-0.4, -0.2) is 17.9 Å². The molecule has 4 nitrogen and oxygen atoms in total. The topological polar surface area (TPSA) is 58.2 Å². The minimum atomic E-state index is -0.507. The number of carbonyl (C=O) groups is 2. The Morgan fingerprint density at radius 2 is 1.56 bits per heavy atom. The number of rotatable bonds is 5. The lowest BCUT2D eigenvalue weighted by Crippen LogP contribution is -2.49. The first kappa shape index (κ1) is 19.5. The summed E-state index contributed by atoms with van der Waals surface area (Å²) in [6.45, 7) is 10.2. The van der Waals surface area contributed by atoms with Gasteiger partial charge in [-0.15, -0.1) is 0 Å². The third-order valence-electron chi connectivity index (χ3n) is 5.12. The van der Waals surface area contributed by atoms with Crippen molar-refractivity contribution >= 4 is 17.5 Å². The molecule has 0 aliphatic heterocycles. The monoisotopic (exact) mass is 344 g/mol. The molecular weight excluding hydrogens is 312 g/mol. The van der Waals surface area contributed by atoms with Gasteiger partial charge in [-0.3, -0.25) is 9.59 Å². The molecule has 0 saturated heterocycles. The summed E-state index contributed by atoms with van der Waals surface area (Å²) < 4.78 is 0. The van der Waals surface area contributed by atoms with Gasteiger partial charge >= 0.3 is 0 Å². The molecule has 0 spiro atoms. The molecule has 1 fully saturated rings. The van der Waals surface area contributed by atoms with Crippen molar-refractivity contribution in [3.63, 3.8) is 0 Å². The molecule has 1 atom stereocenters. The molecule has 2 N–H and O–H groups in total. The lowest BCUT2D eigenvalue weighted by molar-refractivity contribution is -0.131. The van der Waals surface area contributed by atoms with Gasteiger partial charge in [-0.05, 0) is 74.6 Å². The number of aryl methyl sites for hydroxylation is 2. The molecule has 1 unspecified atom stereocenters. The number of hydrogen-bond acceptors (Lipinski definition) is 2. The minimum Gasteiger partial charge on any atom is -0.344 e. The van der Waals surface area contributed by atoms with Crippen molar-refractivity contribution in [2.75, 3.05) is 5.32 Å². The van der Waals surface area contributed by atoms with Gasteiger partial charge < -0.3 is 10.6 Å². The minimum absolute atomic E-state index is 0.0289. The van der Waals surface area contributed by atoms with Crippen LogP contribution in [0.4, 0.5) is 5.69 Å². The van der Waals surface area contributed by atoms with E-state index in [2.05, 4.69) is 23.6 Å². The van der Waals surface area contributed by atoms with Crippen molar-refractivity contribution in [2.24, 2.45) is 17.8 Å². The standard InChI is InChI=1S/C21H32N2O2/c1-13(2)19(23-20(24)17-8-6-14(3)7-9-17)21(25)22-18-11-15(4)10-16(5)12-18/h10-14,17,19H,6-9H2,1-5H3,(H,22,25)(H,23,24). The summed E-state index contributed by atoms with van der Waals surface area (Å²) in [4.78, 5) is 25.3. The second-order valence-electron chi connectivity index (χ2n) is 8.05. The molecule has 138 valence electrons. The highest BCUT2D eigenvalue weighted by molar-refractivity contribution is 5.97. The maximum atomic E-state index is 12.7. The first-order valence-electron chi connectivity index (χ1n) is 9.45. The van der Waals surface area contributed by atoms with E-state index >= 15 is 0 Å². The average Bonchev–Trinajstić information content (AvgIpc) is 2.51. The number of nitrogens with one attached hydrogen (secondary N) is 2. The van der Waals surface area contributed by atoms with Crippen molar-refractivity contribution in [3.05, 3.63) is 29.3 Å². The number of hydrogen-bond donors (Lipinski definition) is 2. The second-order valence-corrected chi connectivity index (χ2v) is 8.05. The van der Waals surface area contributed by atoms with E-state index in [-0.39, 0.29) is 23.7 Å². The van der Waals surface area contributed by atoms with Crippen molar-refractivity contribution in [2.45, 2.75) is 66.3 Å². The molecule has 2 amide bonds. The fraction of sp³-hybridized carbons (Fsp3) is 0.619. The van der Waals surface area contributed by atoms with Gasteiger partial charge in [0.15, 0.2) is 0 Å². The molecule has 1 aromatic rings. The predicted octanol–water partition coefficient (Wildman–Crippen LogP) is 4.21. The Morgan fingerprint density at radius 3 is 2.08 bits per heavy atom. The number of amides is 2. The lowest BCUT2D eigenvalue weighted by atomic mass is 9.82. The summed E-state index contributed by atoms with van der Waals surface area (Å²) >= 11 is 0. The van der Waals surface area contributed by atoms with Crippen LogP contribution in [0.15, 0.2) is 18.2 Å². The molecule has 2 rings (SSSR count). The summed E-state index contributed by atoms with van der Waals surface area (Å²) in [6.07, 6.45) is 4.05. The zero-order valence-corrected chi connectivity index (χ0v) is 16.2. The van der Waals surface area contributed by atoms with E-state index in [9.17, 15) is 9.59 Å². The molecule has 0 aromatic heterocycles. The highest BCUT2D eigenvalue weighted by Crippen LogP contribution is 2.28. The third-order valence-corrected chi connectivity index (χ3v) is 5.12. The smallest absolute Gasteiger partial charge is 0.247 e. The van der Waals surface area contributed by atoms with E-state index in [0.29, 0.717) is 5.92 Å². The van der Waals surface area contributed by atoms with Crippen LogP contribution in [0.2, 0.25) is 0 Å². The van der Waals surface area contributed by atoms with Crippen LogP contribution in [-0.2, 0) is 9.59 Å². The number of benzene rings is 1. The van der Waals surface area contributed by atoms with Crippen LogP contribution < -0.4 is 10.6 Å². The zero-order valence-electron chi connectivity index (χ0n) is 16.2. The summed E-state index contributed by atoms with van der Waals surface area (Å²) in [7, 11) is 0. The van der Waals surface area contributed by atoms with E-state index < -0.39 is 6.04 Å². The third kappa shape index (κ3) is 5.58. The van der Waals surface area contributed by atoms with Crippen molar-refractivity contribution in [3.8, 4) is 0 Å². The van der Waals surface area contributed by atoms with Crippen LogP contribution >= 0.6 is 0 Å². The van der Waals surface area contributed by atoms with Crippen molar-refractivity contribution in [1.29, 1.82) is 0 Å². The van der Waals surface area contributed by atoms with Crippen LogP contribution in [0.3, 0.4) is 0 Å². The molecule has 0 heterocycles. The Morgan fingerprint density at radius 1 is 1.00 bits per heavy atom. The normalized spacial score (nSPS) is 21.7. The molecule has 25 heavy (non-hydrogen) atoms. The molecule has 1 aliphatic carbocycles. The first-order chi connectivity index (χ1) is 11.8. The Labute approximate surface area is 151 Å². The van der Waals surface area contributed by atoms with Gasteiger partial charge in [0.05, 0.1) is 0 Å². The fourth-order valence-electron chi connectivity index (χ4n) is 3.60. The molecule has 1 aromatic carbocycles. The highest BCUT2D eigenvalue weighted by atomic mass is 16.2. The molecule has 0 bridgehead atoms. The zero-order chi connectivity index (χ0) is 18.6. The Balaban J connectivity index is 2.01. The molecular formula is C21H32N2O2. The van der Waals surface area contributed by atoms with Gasteiger partial charge in [0.1, 0.15) is 6.04 Å². The Bertz CT molecular complexity index is 596. The summed E-state index contributed by atoms with van der Waals surface area (Å²) in [5, 5.41) is 5.97. The van der Waals surface area contributed by atoms with E-state index in [0.717, 1.165) is 42.5 Å². The van der Waals surface area contributed by atoms with E-state index in [1.54, 1.807) is 0 Å². The lowest BCUT2D eigenvalue weighted by Gasteiger charge is -2.28. The van der Waals surface area contributed by atoms with Gasteiger partial charge in [0.25, 0.3) is 0 Å². The van der Waals surface area contributed by atoms with Crippen LogP contribution in [0.25, 0.3) is 0 Å². The van der Waals surface area contributed by atoms with Crippen molar-refractivity contribution < 1.29 is 9.59 Å². The maximum Gasteiger partial charge on any atom is 0.247 e. The predicted molar refractivity (Wildman–Crippen MR) is 102 cm³/mol. The van der Waals surface area contributed by atoms with E-state index in [4.69, 9.17) is 0 Å². The number of carbonyl (C=O) groups excluding carboxylic acids is 2. The quantitative estimate of drug-likeness (QED) is 0.840. The SMILES string of the molecule is Cc1cc(C)cc(NC(=O)C(NC(=O)C2CCC(C)CC2)C(C)C)c1. The fourth-order valence-corrected chi connectivity index (χ4v) is 3.60. The largest absolute Gasteiger partial charge is 0.344 e. The van der Waals surface area contributed by atoms with Crippen LogP contribution in [0.1, 0.15) is 57.6 Å². The van der Waals surface area contributed by atoms with Gasteiger partial charge in [-0.2, -0.15) is 0 Å². The van der Waals surface area contributed by atoms with E-state index in [1.165, 1.54) is 0 Å². The molecule has 1 aliphatic rings. The Kier molecular flexibility index (Phi) is 6.63.